The molecule has 0 N–H and O–H groups in total. The molecule has 2 heterocycles. The first kappa shape index (κ1) is 16.7. The third kappa shape index (κ3) is 3.96. The molecular weight excluding hydrogens is 268 g/mol. The summed E-state index contributed by atoms with van der Waals surface area (Å²) < 4.78 is 11.1. The lowest BCUT2D eigenvalue weighted by Gasteiger charge is -2.48. The molecule has 0 saturated carbocycles. The molecular formula is C16H30N2O3. The topological polar surface area (TPSA) is 42.0 Å². The van der Waals surface area contributed by atoms with Crippen molar-refractivity contribution in [1.29, 1.82) is 0 Å². The van der Waals surface area contributed by atoms with Gasteiger partial charge in [0, 0.05) is 32.8 Å². The number of carbonyl (C=O) groups excluding carboxylic acids is 1. The van der Waals surface area contributed by atoms with Gasteiger partial charge >= 0.3 is 0 Å². The van der Waals surface area contributed by atoms with Crippen LogP contribution in [0, 0.1) is 0 Å². The van der Waals surface area contributed by atoms with E-state index in [1.54, 1.807) is 7.11 Å². The summed E-state index contributed by atoms with van der Waals surface area (Å²) in [7, 11) is 1.57. The highest BCUT2D eigenvalue weighted by Gasteiger charge is 2.42. The molecule has 1 unspecified atom stereocenters. The van der Waals surface area contributed by atoms with Crippen LogP contribution in [0.15, 0.2) is 0 Å². The Balaban J connectivity index is 1.91. The van der Waals surface area contributed by atoms with Gasteiger partial charge in [0.1, 0.15) is 6.61 Å². The van der Waals surface area contributed by atoms with E-state index >= 15 is 0 Å². The lowest BCUT2D eigenvalue weighted by Crippen LogP contribution is -2.54. The summed E-state index contributed by atoms with van der Waals surface area (Å²) in [6, 6.07) is 0.634. The fraction of sp³-hybridized carbons (Fsp3) is 0.938. The van der Waals surface area contributed by atoms with Crippen molar-refractivity contribution in [3.05, 3.63) is 0 Å². The van der Waals surface area contributed by atoms with Crippen LogP contribution < -0.4 is 0 Å². The van der Waals surface area contributed by atoms with E-state index in [0.29, 0.717) is 6.04 Å². The van der Waals surface area contributed by atoms with Crippen molar-refractivity contribution < 1.29 is 14.3 Å². The van der Waals surface area contributed by atoms with Gasteiger partial charge in [0.05, 0.1) is 5.60 Å². The van der Waals surface area contributed by atoms with Gasteiger partial charge < -0.3 is 19.3 Å². The molecule has 2 aliphatic heterocycles. The number of nitrogens with zero attached hydrogens (tertiary/aromatic N) is 2. The quantitative estimate of drug-likeness (QED) is 0.772. The number of ether oxygens (including phenoxy) is 2. The Morgan fingerprint density at radius 3 is 2.57 bits per heavy atom. The fourth-order valence-corrected chi connectivity index (χ4v) is 3.78. The number of amides is 1. The van der Waals surface area contributed by atoms with E-state index < -0.39 is 0 Å². The molecule has 0 aromatic carbocycles. The number of piperidine rings is 1. The molecule has 2 rings (SSSR count). The second kappa shape index (κ2) is 7.56. The van der Waals surface area contributed by atoms with Crippen LogP contribution in [0.5, 0.6) is 0 Å². The highest BCUT2D eigenvalue weighted by Crippen LogP contribution is 2.36. The SMILES string of the molecule is CCN(CC)C1CCOC2(CCN(C(=O)COC)CC2)C1. The largest absolute Gasteiger partial charge is 0.375 e. The minimum atomic E-state index is -0.00460. The van der Waals surface area contributed by atoms with Crippen molar-refractivity contribution in [3.63, 3.8) is 0 Å². The normalized spacial score (nSPS) is 25.5. The van der Waals surface area contributed by atoms with Gasteiger partial charge in [-0.25, -0.2) is 0 Å². The molecule has 2 fully saturated rings. The molecule has 0 bridgehead atoms. The Labute approximate surface area is 128 Å². The third-order valence-corrected chi connectivity index (χ3v) is 5.09. The van der Waals surface area contributed by atoms with Crippen LogP contribution in [0.25, 0.3) is 0 Å². The molecule has 21 heavy (non-hydrogen) atoms. The predicted octanol–water partition coefficient (Wildman–Crippen LogP) is 1.51. The smallest absolute Gasteiger partial charge is 0.248 e. The van der Waals surface area contributed by atoms with Crippen LogP contribution >= 0.6 is 0 Å². The van der Waals surface area contributed by atoms with E-state index in [4.69, 9.17) is 9.47 Å². The van der Waals surface area contributed by atoms with Gasteiger partial charge in [-0.2, -0.15) is 0 Å². The van der Waals surface area contributed by atoms with Crippen molar-refractivity contribution in [2.45, 2.75) is 51.2 Å². The van der Waals surface area contributed by atoms with Crippen molar-refractivity contribution in [2.75, 3.05) is 46.5 Å². The maximum atomic E-state index is 11.9. The standard InChI is InChI=1S/C16H30N2O3/c1-4-17(5-2)14-6-11-21-16(12-14)7-9-18(10-8-16)15(19)13-20-3/h14H,4-13H2,1-3H3. The van der Waals surface area contributed by atoms with Gasteiger partial charge in [-0.05, 0) is 38.8 Å². The maximum Gasteiger partial charge on any atom is 0.248 e. The van der Waals surface area contributed by atoms with E-state index in [1.807, 2.05) is 4.90 Å². The first-order chi connectivity index (χ1) is 10.1. The van der Waals surface area contributed by atoms with Crippen molar-refractivity contribution >= 4 is 5.91 Å². The van der Waals surface area contributed by atoms with Crippen LogP contribution in [0.4, 0.5) is 0 Å². The predicted molar refractivity (Wildman–Crippen MR) is 82.3 cm³/mol. The zero-order valence-corrected chi connectivity index (χ0v) is 13.8. The molecule has 1 atom stereocenters. The fourth-order valence-electron chi connectivity index (χ4n) is 3.78. The zero-order valence-electron chi connectivity index (χ0n) is 13.8. The number of likely N-dealkylation sites (tertiary alicyclic amines) is 1. The lowest BCUT2D eigenvalue weighted by atomic mass is 9.81. The van der Waals surface area contributed by atoms with Crippen LogP contribution in [0.2, 0.25) is 0 Å². The average molecular weight is 298 g/mol. The molecule has 0 aromatic rings. The Morgan fingerprint density at radius 1 is 1.33 bits per heavy atom. The van der Waals surface area contributed by atoms with Crippen LogP contribution in [-0.2, 0) is 14.3 Å². The minimum Gasteiger partial charge on any atom is -0.375 e. The molecule has 122 valence electrons. The molecule has 0 aromatic heterocycles. The number of hydrogen-bond donors (Lipinski definition) is 0. The Bertz CT molecular complexity index is 336. The van der Waals surface area contributed by atoms with E-state index in [-0.39, 0.29) is 18.1 Å². The summed E-state index contributed by atoms with van der Waals surface area (Å²) in [5, 5.41) is 0. The summed E-state index contributed by atoms with van der Waals surface area (Å²) in [4.78, 5) is 16.4. The van der Waals surface area contributed by atoms with E-state index in [1.165, 1.54) is 0 Å². The molecule has 1 amide bonds. The number of hydrogen-bond acceptors (Lipinski definition) is 4. The second-order valence-corrected chi connectivity index (χ2v) is 6.21. The van der Waals surface area contributed by atoms with E-state index in [9.17, 15) is 4.79 Å². The number of carbonyl (C=O) groups is 1. The lowest BCUT2D eigenvalue weighted by molar-refractivity contribution is -0.151. The molecule has 0 aliphatic carbocycles. The monoisotopic (exact) mass is 298 g/mol. The highest BCUT2D eigenvalue weighted by molar-refractivity contribution is 5.77. The summed E-state index contributed by atoms with van der Waals surface area (Å²) in [6.45, 7) is 9.32. The Hall–Kier alpha value is -0.650. The molecule has 1 spiro atoms. The first-order valence-electron chi connectivity index (χ1n) is 8.29. The van der Waals surface area contributed by atoms with Crippen molar-refractivity contribution in [3.8, 4) is 0 Å². The summed E-state index contributed by atoms with van der Waals surface area (Å²) >= 11 is 0. The van der Waals surface area contributed by atoms with Gasteiger partial charge in [-0.3, -0.25) is 4.79 Å². The zero-order chi connectivity index (χ0) is 15.3. The minimum absolute atomic E-state index is 0.00460. The summed E-state index contributed by atoms with van der Waals surface area (Å²) in [5.74, 6) is 0.100. The molecule has 0 radical (unpaired) electrons. The van der Waals surface area contributed by atoms with Gasteiger partial charge in [0.2, 0.25) is 5.91 Å². The first-order valence-corrected chi connectivity index (χ1v) is 8.29. The van der Waals surface area contributed by atoms with Crippen molar-refractivity contribution in [1.82, 2.24) is 9.80 Å². The van der Waals surface area contributed by atoms with Crippen LogP contribution in [0.3, 0.4) is 0 Å². The third-order valence-electron chi connectivity index (χ3n) is 5.09. The molecule has 5 nitrogen and oxygen atoms in total. The van der Waals surface area contributed by atoms with Crippen LogP contribution in [0.1, 0.15) is 39.5 Å². The Morgan fingerprint density at radius 2 is 2.00 bits per heavy atom. The van der Waals surface area contributed by atoms with Gasteiger partial charge in [-0.15, -0.1) is 0 Å². The molecule has 2 aliphatic rings. The molecule has 5 heteroatoms. The number of methoxy groups -OCH3 is 1. The summed E-state index contributed by atoms with van der Waals surface area (Å²) in [5.41, 5.74) is -0.00460. The second-order valence-electron chi connectivity index (χ2n) is 6.21. The Kier molecular flexibility index (Phi) is 6.02. The summed E-state index contributed by atoms with van der Waals surface area (Å²) in [6.07, 6.45) is 4.16. The van der Waals surface area contributed by atoms with Gasteiger partial charge in [0.15, 0.2) is 0 Å². The average Bonchev–Trinajstić information content (AvgIpc) is 2.50. The molecule has 2 saturated heterocycles. The number of rotatable bonds is 5. The van der Waals surface area contributed by atoms with E-state index in [0.717, 1.165) is 58.5 Å². The van der Waals surface area contributed by atoms with E-state index in [2.05, 4.69) is 18.7 Å². The van der Waals surface area contributed by atoms with Crippen molar-refractivity contribution in [2.24, 2.45) is 0 Å². The van der Waals surface area contributed by atoms with Gasteiger partial charge in [-0.1, -0.05) is 13.8 Å². The van der Waals surface area contributed by atoms with Gasteiger partial charge in [0.25, 0.3) is 0 Å². The van der Waals surface area contributed by atoms with Crippen LogP contribution in [-0.4, -0.2) is 73.9 Å². The highest BCUT2D eigenvalue weighted by atomic mass is 16.5. The maximum absolute atomic E-state index is 11.9.